The van der Waals surface area contributed by atoms with Crippen LogP contribution in [0.25, 0.3) is 10.6 Å². The molecule has 4 N–H and O–H groups in total. The number of nitrogen functional groups attached to an aromatic ring is 1. The van der Waals surface area contributed by atoms with Crippen LogP contribution >= 0.6 is 11.3 Å². The fourth-order valence-electron chi connectivity index (χ4n) is 2.71. The van der Waals surface area contributed by atoms with E-state index in [0.717, 1.165) is 17.7 Å². The summed E-state index contributed by atoms with van der Waals surface area (Å²) in [6.45, 7) is 2.10. The molecule has 33 heavy (non-hydrogen) atoms. The summed E-state index contributed by atoms with van der Waals surface area (Å²) in [5.74, 6) is 0.598. The Morgan fingerprint density at radius 2 is 1.76 bits per heavy atom. The molecule has 0 amide bonds. The van der Waals surface area contributed by atoms with E-state index in [1.165, 1.54) is 29.0 Å². The van der Waals surface area contributed by atoms with Crippen molar-refractivity contribution in [1.82, 2.24) is 20.2 Å². The van der Waals surface area contributed by atoms with E-state index in [4.69, 9.17) is 10.8 Å². The first kappa shape index (κ1) is 24.2. The lowest BCUT2D eigenvalue weighted by molar-refractivity contribution is 0.299. The fraction of sp³-hybridized carbons (Fsp3) is 0.182. The number of hydrogen-bond donors (Lipinski definition) is 3. The summed E-state index contributed by atoms with van der Waals surface area (Å²) in [6.07, 6.45) is 3.50. The second kappa shape index (κ2) is 10.9. The van der Waals surface area contributed by atoms with Gasteiger partial charge in [-0.1, -0.05) is 41.7 Å². The van der Waals surface area contributed by atoms with Gasteiger partial charge in [-0.2, -0.15) is 4.98 Å². The summed E-state index contributed by atoms with van der Waals surface area (Å²) in [6, 6.07) is 16.2. The number of rotatable bonds is 6. The summed E-state index contributed by atoms with van der Waals surface area (Å²) in [5, 5.41) is 21.0. The van der Waals surface area contributed by atoms with Crippen molar-refractivity contribution >= 4 is 38.6 Å². The number of aryl methyl sites for hydroxylation is 1. The van der Waals surface area contributed by atoms with Crippen LogP contribution in [0.15, 0.2) is 65.7 Å². The Hall–Kier alpha value is -3.41. The second-order valence-corrected chi connectivity index (χ2v) is 10.2. The summed E-state index contributed by atoms with van der Waals surface area (Å²) < 4.78 is 22.9. The monoisotopic (exact) mass is 484 g/mol. The van der Waals surface area contributed by atoms with E-state index in [1.807, 2.05) is 37.3 Å². The molecule has 0 bridgehead atoms. The second-order valence-electron chi connectivity index (χ2n) is 7.00. The number of aliphatic hydroxyl groups excluding tert-OH is 1. The van der Waals surface area contributed by atoms with Crippen molar-refractivity contribution in [3.63, 3.8) is 0 Å². The third-order valence-electron chi connectivity index (χ3n) is 4.36. The van der Waals surface area contributed by atoms with E-state index >= 15 is 0 Å². The lowest BCUT2D eigenvalue weighted by Gasteiger charge is -2.07. The standard InChI is InChI=1S/C14H14N6O2S2.C8H10O/c1-8-19-20-13(23-8)11-7-16-14(18-12(11)15)17-9-3-5-10(6-4-9)24(2,21)22;9-7-6-8-4-2-1-3-5-8/h3-7H,1-2H3,(H3,15,16,17,18);1-5,9H,6-7H2. The van der Waals surface area contributed by atoms with Crippen molar-refractivity contribution in [3.05, 3.63) is 71.4 Å². The van der Waals surface area contributed by atoms with Crippen molar-refractivity contribution in [1.29, 1.82) is 0 Å². The van der Waals surface area contributed by atoms with E-state index in [1.54, 1.807) is 18.3 Å². The zero-order valence-corrected chi connectivity index (χ0v) is 19.8. The van der Waals surface area contributed by atoms with Crippen LogP contribution in [0.5, 0.6) is 0 Å². The van der Waals surface area contributed by atoms with Gasteiger partial charge in [0, 0.05) is 24.7 Å². The van der Waals surface area contributed by atoms with Gasteiger partial charge in [0.05, 0.1) is 10.5 Å². The smallest absolute Gasteiger partial charge is 0.229 e. The number of nitrogens with zero attached hydrogens (tertiary/aromatic N) is 4. The zero-order valence-electron chi connectivity index (χ0n) is 18.1. The molecule has 0 aliphatic carbocycles. The molecule has 172 valence electrons. The molecule has 9 nitrogen and oxygen atoms in total. The van der Waals surface area contributed by atoms with Crippen molar-refractivity contribution in [2.24, 2.45) is 0 Å². The van der Waals surface area contributed by atoms with Gasteiger partial charge in [-0.25, -0.2) is 13.4 Å². The average Bonchev–Trinajstić information content (AvgIpc) is 3.21. The predicted molar refractivity (Wildman–Crippen MR) is 130 cm³/mol. The maximum Gasteiger partial charge on any atom is 0.229 e. The van der Waals surface area contributed by atoms with Crippen molar-refractivity contribution in [2.75, 3.05) is 23.9 Å². The zero-order chi connectivity index (χ0) is 23.8. The van der Waals surface area contributed by atoms with Gasteiger partial charge in [-0.05, 0) is 43.2 Å². The largest absolute Gasteiger partial charge is 0.396 e. The Labute approximate surface area is 196 Å². The first-order valence-electron chi connectivity index (χ1n) is 9.91. The first-order valence-corrected chi connectivity index (χ1v) is 12.6. The molecule has 0 saturated heterocycles. The van der Waals surface area contributed by atoms with Gasteiger partial charge in [-0.3, -0.25) is 0 Å². The summed E-state index contributed by atoms with van der Waals surface area (Å²) in [4.78, 5) is 8.66. The van der Waals surface area contributed by atoms with Gasteiger partial charge in [0.1, 0.15) is 10.8 Å². The molecule has 0 fully saturated rings. The molecule has 2 aromatic carbocycles. The number of nitrogens with two attached hydrogens (primary N) is 1. The van der Waals surface area contributed by atoms with E-state index in [-0.39, 0.29) is 17.3 Å². The molecule has 0 atom stereocenters. The lowest BCUT2D eigenvalue weighted by atomic mass is 10.2. The summed E-state index contributed by atoms with van der Waals surface area (Å²) in [7, 11) is -3.22. The minimum atomic E-state index is -3.22. The molecular formula is C22H24N6O3S2. The highest BCUT2D eigenvalue weighted by atomic mass is 32.2. The molecule has 0 aliphatic heterocycles. The van der Waals surface area contributed by atoms with Crippen LogP contribution in [0.1, 0.15) is 10.6 Å². The van der Waals surface area contributed by atoms with Crippen molar-refractivity contribution in [2.45, 2.75) is 18.2 Å². The first-order chi connectivity index (χ1) is 15.8. The summed E-state index contributed by atoms with van der Waals surface area (Å²) >= 11 is 1.41. The average molecular weight is 485 g/mol. The Kier molecular flexibility index (Phi) is 8.04. The number of nitrogens with one attached hydrogen (secondary N) is 1. The summed E-state index contributed by atoms with van der Waals surface area (Å²) in [5.41, 5.74) is 8.44. The van der Waals surface area contributed by atoms with Crippen LogP contribution in [0.4, 0.5) is 17.5 Å². The third kappa shape index (κ3) is 7.04. The van der Waals surface area contributed by atoms with Crippen LogP contribution in [-0.2, 0) is 16.3 Å². The van der Waals surface area contributed by atoms with Crippen molar-refractivity contribution < 1.29 is 13.5 Å². The van der Waals surface area contributed by atoms with Crippen LogP contribution < -0.4 is 11.1 Å². The van der Waals surface area contributed by atoms with Crippen LogP contribution in [-0.4, -0.2) is 46.6 Å². The third-order valence-corrected chi connectivity index (χ3v) is 6.36. The van der Waals surface area contributed by atoms with Crippen LogP contribution in [0, 0.1) is 6.92 Å². The maximum absolute atomic E-state index is 11.4. The molecular weight excluding hydrogens is 460 g/mol. The highest BCUT2D eigenvalue weighted by molar-refractivity contribution is 7.90. The molecule has 2 aromatic heterocycles. The highest BCUT2D eigenvalue weighted by Gasteiger charge is 2.12. The molecule has 4 rings (SSSR count). The Morgan fingerprint density at radius 1 is 1.06 bits per heavy atom. The number of anilines is 3. The number of aliphatic hydroxyl groups is 1. The van der Waals surface area contributed by atoms with Gasteiger partial charge < -0.3 is 16.2 Å². The van der Waals surface area contributed by atoms with Crippen molar-refractivity contribution in [3.8, 4) is 10.6 Å². The lowest BCUT2D eigenvalue weighted by Crippen LogP contribution is -2.02. The van der Waals surface area contributed by atoms with E-state index in [9.17, 15) is 8.42 Å². The van der Waals surface area contributed by atoms with Gasteiger partial charge >= 0.3 is 0 Å². The topological polar surface area (TPSA) is 144 Å². The Balaban J connectivity index is 0.000000286. The number of hydrogen-bond acceptors (Lipinski definition) is 10. The molecule has 2 heterocycles. The van der Waals surface area contributed by atoms with E-state index < -0.39 is 9.84 Å². The SMILES string of the molecule is Cc1nnc(-c2cnc(Nc3ccc(S(C)(=O)=O)cc3)nc2N)s1.OCCc1ccccc1. The molecule has 0 radical (unpaired) electrons. The number of benzene rings is 2. The molecule has 11 heteroatoms. The quantitative estimate of drug-likeness (QED) is 0.375. The minimum absolute atomic E-state index is 0.240. The maximum atomic E-state index is 11.4. The van der Waals surface area contributed by atoms with Gasteiger partial charge in [-0.15, -0.1) is 10.2 Å². The van der Waals surface area contributed by atoms with E-state index in [0.29, 0.717) is 22.2 Å². The van der Waals surface area contributed by atoms with Crippen LogP contribution in [0.3, 0.4) is 0 Å². The fourth-order valence-corrected chi connectivity index (χ4v) is 4.05. The predicted octanol–water partition coefficient (Wildman–Crippen LogP) is 3.25. The number of sulfone groups is 1. The Bertz CT molecular complexity index is 1290. The van der Waals surface area contributed by atoms with Crippen LogP contribution in [0.2, 0.25) is 0 Å². The number of aromatic nitrogens is 4. The molecule has 0 saturated carbocycles. The van der Waals surface area contributed by atoms with Gasteiger partial charge in [0.25, 0.3) is 0 Å². The normalized spacial score (nSPS) is 10.9. The minimum Gasteiger partial charge on any atom is -0.396 e. The molecule has 4 aromatic rings. The van der Waals surface area contributed by atoms with Gasteiger partial charge in [0.15, 0.2) is 14.8 Å². The molecule has 0 spiro atoms. The molecule has 0 unspecified atom stereocenters. The van der Waals surface area contributed by atoms with Gasteiger partial charge in [0.2, 0.25) is 5.95 Å². The highest BCUT2D eigenvalue weighted by Crippen LogP contribution is 2.27. The van der Waals surface area contributed by atoms with E-state index in [2.05, 4.69) is 25.5 Å². The molecule has 0 aliphatic rings. The Morgan fingerprint density at radius 3 is 2.30 bits per heavy atom.